The monoisotopic (exact) mass is 1130 g/mol. The number of H-pyrrole nitrogens is 1. The number of unbranched alkanes of at least 4 members (excludes halogenated alkanes) is 12. The van der Waals surface area contributed by atoms with E-state index in [1.165, 1.54) is 0 Å². The molecule has 5 aliphatic rings. The van der Waals surface area contributed by atoms with Crippen LogP contribution in [0.25, 0.3) is 16.7 Å². The molecule has 0 amide bonds. The number of hydrogen-bond acceptors (Lipinski definition) is 8. The van der Waals surface area contributed by atoms with Crippen molar-refractivity contribution in [2.24, 2.45) is 15.0 Å². The average molecular weight is 1130 g/mol. The van der Waals surface area contributed by atoms with Gasteiger partial charge in [-0.05, 0) is 134 Å². The number of aryl methyl sites for hydroxylation is 3. The van der Waals surface area contributed by atoms with Crippen molar-refractivity contribution in [1.82, 2.24) is 9.88 Å². The summed E-state index contributed by atoms with van der Waals surface area (Å²) in [5, 5.41) is 36.4. The van der Waals surface area contributed by atoms with Gasteiger partial charge in [0.15, 0.2) is 37.2 Å². The molecule has 0 radical (unpaired) electrons. The van der Waals surface area contributed by atoms with Gasteiger partial charge in [-0.15, -0.1) is 0 Å². The normalized spacial score (nSPS) is 15.2. The summed E-state index contributed by atoms with van der Waals surface area (Å²) in [5.41, 5.74) is 13.8. The number of fused-ring (bicyclic) bond motifs is 5. The highest BCUT2D eigenvalue weighted by atomic mass is 16.4. The van der Waals surface area contributed by atoms with Gasteiger partial charge in [0.2, 0.25) is 0 Å². The fraction of sp³-hybridized carbons (Fsp3) is 0.353. The SMILES string of the molecule is O=C(O)CCCCCCN1C=CC(=C2C3=NC(=C(c4cc[n+](CCCCCCC(=O)O)cc4)C4=NC(=C(c5cc[n+](CCCCCCC(=O)O)cc5)c5ccc([nH]5)C(c5cc[n+](CCCCCCC(=O)O)cc5)=C5C=CC2=N5)C=C4)C=C3)C=C1. The van der Waals surface area contributed by atoms with E-state index in [1.54, 1.807) is 0 Å². The Kier molecular flexibility index (Phi) is 21.2. The number of aromatic nitrogens is 4. The molecule has 16 nitrogen and oxygen atoms in total. The van der Waals surface area contributed by atoms with Crippen molar-refractivity contribution in [2.75, 3.05) is 6.54 Å². The number of nitrogens with zero attached hydrogens (tertiary/aromatic N) is 7. The molecule has 0 aliphatic carbocycles. The van der Waals surface area contributed by atoms with Crippen LogP contribution in [-0.4, -0.2) is 77.9 Å². The van der Waals surface area contributed by atoms with Crippen molar-refractivity contribution in [3.05, 3.63) is 203 Å². The number of rotatable bonds is 31. The third-order valence-corrected chi connectivity index (χ3v) is 15.6. The molecule has 0 spiro atoms. The van der Waals surface area contributed by atoms with E-state index in [2.05, 4.69) is 170 Å². The van der Waals surface area contributed by atoms with Gasteiger partial charge in [0, 0.05) is 134 Å². The highest BCUT2D eigenvalue weighted by Crippen LogP contribution is 2.38. The number of allylic oxidation sites excluding steroid dienone is 11. The van der Waals surface area contributed by atoms with E-state index in [4.69, 9.17) is 35.4 Å². The molecule has 4 aromatic rings. The van der Waals surface area contributed by atoms with Crippen LogP contribution in [0.2, 0.25) is 0 Å². The molecule has 0 saturated heterocycles. The minimum absolute atomic E-state index is 0.192. The lowest BCUT2D eigenvalue weighted by atomic mass is 9.97. The van der Waals surface area contributed by atoms with E-state index in [0.29, 0.717) is 25.7 Å². The van der Waals surface area contributed by atoms with Gasteiger partial charge in [0.25, 0.3) is 0 Å². The van der Waals surface area contributed by atoms with E-state index >= 15 is 0 Å². The van der Waals surface area contributed by atoms with Gasteiger partial charge in [-0.1, -0.05) is 32.1 Å². The van der Waals surface area contributed by atoms with Crippen LogP contribution in [0.4, 0.5) is 0 Å². The highest BCUT2D eigenvalue weighted by Gasteiger charge is 2.28. The van der Waals surface area contributed by atoms with Crippen LogP contribution >= 0.6 is 0 Å². The Bertz CT molecular complexity index is 3440. The van der Waals surface area contributed by atoms with E-state index in [1.807, 2.05) is 0 Å². The van der Waals surface area contributed by atoms with Gasteiger partial charge < -0.3 is 30.3 Å². The van der Waals surface area contributed by atoms with Crippen molar-refractivity contribution >= 4 is 57.7 Å². The fourth-order valence-electron chi connectivity index (χ4n) is 11.1. The van der Waals surface area contributed by atoms with E-state index in [0.717, 1.165) is 193 Å². The van der Waals surface area contributed by atoms with Crippen LogP contribution in [0.3, 0.4) is 0 Å². The largest absolute Gasteiger partial charge is 0.481 e. The molecule has 0 unspecified atom stereocenters. The topological polar surface area (TPSA) is 217 Å². The number of aliphatic imine (C=N–C) groups is 3. The second-order valence-electron chi connectivity index (χ2n) is 22.0. The quantitative estimate of drug-likeness (QED) is 0.0239. The summed E-state index contributed by atoms with van der Waals surface area (Å²) in [4.78, 5) is 66.9. The standard InChI is InChI=1S/C68H74N8O8/c77-61(78)17-9-1-5-13-37-73-41-29-49(30-42-73)65-53-21-23-55(69-53)66(50-31-43-74(44-32-50)38-14-6-2-10-18-62(79)80)57-25-27-59(71-57)68(52-35-47-76(48-36-52)40-16-8-4-12-20-64(83)84)60-28-26-58(72-60)67(56-24-22-54(65)70-56)51-33-45-75(46-34-51)39-15-7-3-11-19-63(81)82/h21-36,41-48H,1-20,37-40H2,(H2-3,69,70,71,72,77,78,79,80,81,82,83,84)/p+3. The van der Waals surface area contributed by atoms with Gasteiger partial charge in [-0.3, -0.25) is 19.2 Å². The Morgan fingerprint density at radius 1 is 0.369 bits per heavy atom. The number of aromatic amines is 1. The molecule has 0 fully saturated rings. The van der Waals surface area contributed by atoms with Crippen LogP contribution in [0, 0.1) is 0 Å². The first-order valence-corrected chi connectivity index (χ1v) is 29.9. The minimum Gasteiger partial charge on any atom is -0.481 e. The minimum atomic E-state index is -0.757. The first-order valence-electron chi connectivity index (χ1n) is 29.9. The van der Waals surface area contributed by atoms with Crippen LogP contribution < -0.4 is 13.7 Å². The maximum absolute atomic E-state index is 11.1. The number of carbonyl (C=O) groups is 4. The van der Waals surface area contributed by atoms with Crippen LogP contribution in [0.1, 0.15) is 156 Å². The first-order chi connectivity index (χ1) is 40.9. The van der Waals surface area contributed by atoms with E-state index in [-0.39, 0.29) is 25.7 Å². The smallest absolute Gasteiger partial charge is 0.303 e. The molecule has 434 valence electrons. The van der Waals surface area contributed by atoms with Gasteiger partial charge in [0.05, 0.1) is 34.2 Å². The second kappa shape index (κ2) is 29.9. The van der Waals surface area contributed by atoms with E-state index < -0.39 is 23.9 Å². The molecule has 16 heteroatoms. The predicted octanol–water partition coefficient (Wildman–Crippen LogP) is 11.6. The number of aliphatic carboxylic acids is 4. The lowest BCUT2D eigenvalue weighted by Gasteiger charge is -2.20. The lowest BCUT2D eigenvalue weighted by Crippen LogP contribution is -2.32. The molecule has 84 heavy (non-hydrogen) atoms. The van der Waals surface area contributed by atoms with Gasteiger partial charge in [-0.2, -0.15) is 0 Å². The van der Waals surface area contributed by atoms with Gasteiger partial charge in [-0.25, -0.2) is 28.7 Å². The van der Waals surface area contributed by atoms with Crippen molar-refractivity contribution in [3.63, 3.8) is 0 Å². The van der Waals surface area contributed by atoms with Crippen LogP contribution in [0.5, 0.6) is 0 Å². The Morgan fingerprint density at radius 2 is 0.690 bits per heavy atom. The summed E-state index contributed by atoms with van der Waals surface area (Å²) in [6, 6.07) is 17.0. The molecule has 5 N–H and O–H groups in total. The third kappa shape index (κ3) is 16.6. The Labute approximate surface area is 491 Å². The maximum Gasteiger partial charge on any atom is 0.303 e. The molecule has 9 rings (SSSR count). The Morgan fingerprint density at radius 3 is 1.06 bits per heavy atom. The summed E-state index contributed by atoms with van der Waals surface area (Å²) in [6.07, 6.45) is 48.0. The molecule has 0 atom stereocenters. The predicted molar refractivity (Wildman–Crippen MR) is 324 cm³/mol. The molecule has 0 aromatic carbocycles. The number of carboxylic acid groups (broad SMARTS) is 4. The molecule has 9 heterocycles. The zero-order chi connectivity index (χ0) is 58.6. The number of carboxylic acids is 4. The molecule has 0 saturated carbocycles. The summed E-state index contributed by atoms with van der Waals surface area (Å²) in [6.45, 7) is 3.23. The molecular weight excluding hydrogens is 1060 g/mol. The Balaban J connectivity index is 1.12. The summed E-state index contributed by atoms with van der Waals surface area (Å²) < 4.78 is 6.51. The second-order valence-corrected chi connectivity index (χ2v) is 22.0. The van der Waals surface area contributed by atoms with Crippen molar-refractivity contribution in [3.8, 4) is 0 Å². The lowest BCUT2D eigenvalue weighted by molar-refractivity contribution is -0.697. The van der Waals surface area contributed by atoms with Crippen LogP contribution in [-0.2, 0) is 38.8 Å². The molecule has 4 aromatic heterocycles. The molecular formula is C68H77N8O8+3. The van der Waals surface area contributed by atoms with E-state index in [9.17, 15) is 19.2 Å². The van der Waals surface area contributed by atoms with Crippen molar-refractivity contribution in [2.45, 2.75) is 148 Å². The summed E-state index contributed by atoms with van der Waals surface area (Å²) in [7, 11) is 0. The number of pyridine rings is 3. The summed E-state index contributed by atoms with van der Waals surface area (Å²) >= 11 is 0. The van der Waals surface area contributed by atoms with Gasteiger partial charge >= 0.3 is 23.9 Å². The van der Waals surface area contributed by atoms with Gasteiger partial charge in [0.1, 0.15) is 19.6 Å². The summed E-state index contributed by atoms with van der Waals surface area (Å²) in [5.74, 6) is -3.03. The third-order valence-electron chi connectivity index (χ3n) is 15.6. The van der Waals surface area contributed by atoms with Crippen LogP contribution in [0.15, 0.2) is 190 Å². The molecule has 8 bridgehead atoms. The van der Waals surface area contributed by atoms with Crippen molar-refractivity contribution < 1.29 is 53.3 Å². The number of hydrogen-bond donors (Lipinski definition) is 5. The first kappa shape index (κ1) is 59.7. The zero-order valence-corrected chi connectivity index (χ0v) is 47.9. The Hall–Kier alpha value is -8.92. The van der Waals surface area contributed by atoms with Crippen molar-refractivity contribution in [1.29, 1.82) is 0 Å². The fourth-order valence-corrected chi connectivity index (χ4v) is 11.1. The average Bonchev–Trinajstić information content (AvgIpc) is 2.40. The molecule has 5 aliphatic heterocycles. The maximum atomic E-state index is 11.1. The zero-order valence-electron chi connectivity index (χ0n) is 47.9. The number of nitrogens with one attached hydrogen (secondary N) is 1. The highest BCUT2D eigenvalue weighted by molar-refractivity contribution is 6.36.